The van der Waals surface area contributed by atoms with Gasteiger partial charge in [0.15, 0.2) is 11.5 Å². The first-order valence-corrected chi connectivity index (χ1v) is 8.06. The van der Waals surface area contributed by atoms with E-state index in [0.29, 0.717) is 39.7 Å². The van der Waals surface area contributed by atoms with Crippen molar-refractivity contribution in [3.8, 4) is 34.0 Å². The Balaban J connectivity index is 1.77. The van der Waals surface area contributed by atoms with Crippen LogP contribution in [0.1, 0.15) is 11.1 Å². The van der Waals surface area contributed by atoms with Crippen molar-refractivity contribution in [3.05, 3.63) is 46.7 Å². The fraction of sp³-hybridized carbons (Fsp3) is 0.176. The highest BCUT2D eigenvalue weighted by atomic mass is 35.5. The summed E-state index contributed by atoms with van der Waals surface area (Å²) in [6, 6.07) is 5.87. The van der Waals surface area contributed by atoms with Crippen molar-refractivity contribution in [1.82, 2.24) is 15.2 Å². The normalized spacial score (nSPS) is 12.4. The predicted octanol–water partition coefficient (Wildman–Crippen LogP) is 4.90. The smallest absolute Gasteiger partial charge is 0.387 e. The molecule has 5 nitrogen and oxygen atoms in total. The van der Waals surface area contributed by atoms with E-state index in [-0.39, 0.29) is 0 Å². The Morgan fingerprint density at radius 1 is 1.04 bits per heavy atom. The highest BCUT2D eigenvalue weighted by molar-refractivity contribution is 6.29. The molecule has 1 N–H and O–H groups in total. The molecule has 0 unspecified atom stereocenters. The van der Waals surface area contributed by atoms with Crippen LogP contribution in [0.15, 0.2) is 30.5 Å². The van der Waals surface area contributed by atoms with Crippen LogP contribution < -0.4 is 9.47 Å². The molecule has 4 rings (SSSR count). The van der Waals surface area contributed by atoms with Crippen LogP contribution in [-0.2, 0) is 6.42 Å². The Morgan fingerprint density at radius 3 is 2.37 bits per heavy atom. The lowest BCUT2D eigenvalue weighted by atomic mass is 10.1. The fourth-order valence-electron chi connectivity index (χ4n) is 3.06. The number of H-pyrrole nitrogens is 1. The van der Waals surface area contributed by atoms with E-state index in [4.69, 9.17) is 11.6 Å². The number of rotatable bonds is 5. The molecule has 0 bridgehead atoms. The summed E-state index contributed by atoms with van der Waals surface area (Å²) in [4.78, 5) is 4.01. The molecule has 0 radical (unpaired) electrons. The zero-order valence-corrected chi connectivity index (χ0v) is 14.1. The SMILES string of the molecule is FC(F)Oc1cc2c(cc1OC(F)F)-c1[nH]nc(-c3ccc(Cl)nc3)c1C2. The van der Waals surface area contributed by atoms with E-state index >= 15 is 0 Å². The average molecular weight is 400 g/mol. The number of benzene rings is 1. The van der Waals surface area contributed by atoms with Crippen LogP contribution in [0, 0.1) is 0 Å². The number of pyridine rings is 1. The van der Waals surface area contributed by atoms with Crippen molar-refractivity contribution in [3.63, 3.8) is 0 Å². The van der Waals surface area contributed by atoms with Gasteiger partial charge in [-0.15, -0.1) is 0 Å². The van der Waals surface area contributed by atoms with Gasteiger partial charge in [0.25, 0.3) is 0 Å². The highest BCUT2D eigenvalue weighted by Gasteiger charge is 2.28. The minimum absolute atomic E-state index is 0.330. The summed E-state index contributed by atoms with van der Waals surface area (Å²) in [5.41, 5.74) is 3.85. The minimum Gasteiger partial charge on any atom is -0.431 e. The number of hydrogen-bond donors (Lipinski definition) is 1. The third-order valence-electron chi connectivity index (χ3n) is 4.11. The molecule has 2 aromatic heterocycles. The van der Waals surface area contributed by atoms with Crippen molar-refractivity contribution in [2.45, 2.75) is 19.6 Å². The van der Waals surface area contributed by atoms with Crippen molar-refractivity contribution >= 4 is 11.6 Å². The summed E-state index contributed by atoms with van der Waals surface area (Å²) in [6.45, 7) is -6.35. The average Bonchev–Trinajstić information content (AvgIpc) is 3.14. The molecular formula is C17H10ClF4N3O2. The minimum atomic E-state index is -3.18. The third-order valence-corrected chi connectivity index (χ3v) is 4.33. The van der Waals surface area contributed by atoms with Crippen LogP contribution in [0.3, 0.4) is 0 Å². The van der Waals surface area contributed by atoms with Gasteiger partial charge in [0, 0.05) is 29.3 Å². The Bertz CT molecular complexity index is 993. The van der Waals surface area contributed by atoms with Crippen LogP contribution in [0.2, 0.25) is 5.15 Å². The number of nitrogens with zero attached hydrogens (tertiary/aromatic N) is 2. The predicted molar refractivity (Wildman–Crippen MR) is 88.3 cm³/mol. The van der Waals surface area contributed by atoms with Gasteiger partial charge in [-0.25, -0.2) is 4.98 Å². The first kappa shape index (κ1) is 17.6. The molecule has 27 heavy (non-hydrogen) atoms. The maximum atomic E-state index is 12.6. The van der Waals surface area contributed by atoms with Crippen LogP contribution in [0.25, 0.3) is 22.5 Å². The summed E-state index contributed by atoms with van der Waals surface area (Å²) in [6.07, 6.45) is 1.91. The van der Waals surface area contributed by atoms with E-state index in [9.17, 15) is 17.6 Å². The van der Waals surface area contributed by atoms with Gasteiger partial charge in [0.1, 0.15) is 5.15 Å². The van der Waals surface area contributed by atoms with Crippen molar-refractivity contribution in [2.24, 2.45) is 0 Å². The zero-order valence-electron chi connectivity index (χ0n) is 13.3. The molecule has 1 aliphatic rings. The Labute approximate surface area is 154 Å². The van der Waals surface area contributed by atoms with E-state index in [1.165, 1.54) is 12.1 Å². The van der Waals surface area contributed by atoms with Crippen LogP contribution in [-0.4, -0.2) is 28.4 Å². The lowest BCUT2D eigenvalue weighted by molar-refractivity contribution is -0.0692. The molecule has 0 aliphatic heterocycles. The zero-order chi connectivity index (χ0) is 19.1. The summed E-state index contributed by atoms with van der Waals surface area (Å²) in [7, 11) is 0. The van der Waals surface area contributed by atoms with Gasteiger partial charge in [-0.3, -0.25) is 5.10 Å². The number of halogens is 5. The largest absolute Gasteiger partial charge is 0.431 e. The molecule has 0 spiro atoms. The maximum absolute atomic E-state index is 12.6. The van der Waals surface area contributed by atoms with Crippen LogP contribution in [0.5, 0.6) is 11.5 Å². The van der Waals surface area contributed by atoms with E-state index in [1.54, 1.807) is 18.3 Å². The van der Waals surface area contributed by atoms with Crippen molar-refractivity contribution in [2.75, 3.05) is 0 Å². The second kappa shape index (κ2) is 6.73. The number of aromatic nitrogens is 3. The second-order valence-electron chi connectivity index (χ2n) is 5.69. The molecule has 1 aliphatic carbocycles. The Kier molecular flexibility index (Phi) is 4.39. The van der Waals surface area contributed by atoms with Gasteiger partial charge < -0.3 is 9.47 Å². The number of nitrogens with one attached hydrogen (secondary N) is 1. The van der Waals surface area contributed by atoms with Crippen molar-refractivity contribution in [1.29, 1.82) is 0 Å². The van der Waals surface area contributed by atoms with Crippen LogP contribution in [0.4, 0.5) is 17.6 Å². The first-order valence-electron chi connectivity index (χ1n) is 7.68. The monoisotopic (exact) mass is 399 g/mol. The van der Waals surface area contributed by atoms with Gasteiger partial charge in [-0.1, -0.05) is 11.6 Å². The van der Waals surface area contributed by atoms with E-state index in [0.717, 1.165) is 5.56 Å². The summed E-state index contributed by atoms with van der Waals surface area (Å²) in [5.74, 6) is -0.918. The van der Waals surface area contributed by atoms with Crippen molar-refractivity contribution < 1.29 is 27.0 Å². The third kappa shape index (κ3) is 3.30. The lowest BCUT2D eigenvalue weighted by Gasteiger charge is -2.13. The summed E-state index contributed by atoms with van der Waals surface area (Å²) >= 11 is 5.79. The number of alkyl halides is 4. The van der Waals surface area contributed by atoms with Gasteiger partial charge >= 0.3 is 13.2 Å². The summed E-state index contributed by atoms with van der Waals surface area (Å²) < 4.78 is 59.2. The molecule has 1 aromatic carbocycles. The standard InChI is InChI=1S/C17H10ClF4N3O2/c18-13-2-1-7(6-23-13)14-10-3-8-4-11(26-16(19)20)12(27-17(21)22)5-9(8)15(10)25-24-14/h1-2,4-6,16-17H,3H2,(H,24,25). The van der Waals surface area contributed by atoms with Gasteiger partial charge in [0.05, 0.1) is 11.4 Å². The highest BCUT2D eigenvalue weighted by Crippen LogP contribution is 2.45. The number of aromatic amines is 1. The van der Waals surface area contributed by atoms with Gasteiger partial charge in [-0.2, -0.15) is 22.7 Å². The maximum Gasteiger partial charge on any atom is 0.387 e. The number of hydrogen-bond acceptors (Lipinski definition) is 4. The molecule has 0 fully saturated rings. The molecule has 3 aromatic rings. The molecule has 0 atom stereocenters. The molecule has 10 heteroatoms. The molecule has 0 saturated carbocycles. The second-order valence-corrected chi connectivity index (χ2v) is 6.07. The van der Waals surface area contributed by atoms with Gasteiger partial charge in [0.2, 0.25) is 0 Å². The van der Waals surface area contributed by atoms with E-state index < -0.39 is 24.7 Å². The van der Waals surface area contributed by atoms with E-state index in [2.05, 4.69) is 24.7 Å². The summed E-state index contributed by atoms with van der Waals surface area (Å²) in [5, 5.41) is 7.43. The Morgan fingerprint density at radius 2 is 1.74 bits per heavy atom. The van der Waals surface area contributed by atoms with Gasteiger partial charge in [-0.05, 0) is 29.8 Å². The quantitative estimate of drug-likeness (QED) is 0.383. The molecule has 2 heterocycles. The Hall–Kier alpha value is -2.81. The van der Waals surface area contributed by atoms with E-state index in [1.807, 2.05) is 0 Å². The lowest BCUT2D eigenvalue weighted by Crippen LogP contribution is -2.08. The molecule has 0 amide bonds. The molecular weight excluding hydrogens is 390 g/mol. The molecule has 140 valence electrons. The van der Waals surface area contributed by atoms with Crippen LogP contribution >= 0.6 is 11.6 Å². The molecule has 0 saturated heterocycles. The number of ether oxygens (including phenoxy) is 2. The fourth-order valence-corrected chi connectivity index (χ4v) is 3.17. The number of fused-ring (bicyclic) bond motifs is 3. The topological polar surface area (TPSA) is 60.0 Å². The first-order chi connectivity index (χ1) is 12.9.